The van der Waals surface area contributed by atoms with Gasteiger partial charge in [0.2, 0.25) is 0 Å². The number of nitrogens with two attached hydrogens (primary N) is 1. The quantitative estimate of drug-likeness (QED) is 0.837. The van der Waals surface area contributed by atoms with Gasteiger partial charge in [0, 0.05) is 18.1 Å². The van der Waals surface area contributed by atoms with Gasteiger partial charge in [0.25, 0.3) is 0 Å². The van der Waals surface area contributed by atoms with E-state index in [2.05, 4.69) is 40.5 Å². The van der Waals surface area contributed by atoms with Crippen LogP contribution in [0.25, 0.3) is 0 Å². The minimum Gasteiger partial charge on any atom is -0.323 e. The first-order chi connectivity index (χ1) is 11.7. The van der Waals surface area contributed by atoms with Crippen molar-refractivity contribution in [2.45, 2.75) is 73.9 Å². The molecule has 3 nitrogen and oxygen atoms in total. The summed E-state index contributed by atoms with van der Waals surface area (Å²) in [5.74, 6) is 0. The third-order valence-corrected chi connectivity index (χ3v) is 8.07. The van der Waals surface area contributed by atoms with E-state index in [4.69, 9.17) is 5.73 Å². The van der Waals surface area contributed by atoms with Crippen LogP contribution in [0.3, 0.4) is 0 Å². The Morgan fingerprint density at radius 1 is 1.04 bits per heavy atom. The van der Waals surface area contributed by atoms with Crippen LogP contribution < -0.4 is 11.1 Å². The highest BCUT2D eigenvalue weighted by molar-refractivity contribution is 5.36. The van der Waals surface area contributed by atoms with E-state index in [0.717, 1.165) is 19.1 Å². The molecule has 0 radical (unpaired) electrons. The molecule has 5 rings (SSSR count). The standard InChI is InChI=1S/C21H31N3/c22-20-8-4-7-18-21(20,10-9-20)24(18)16-13-19(11-14-23-15-12-19)17-5-2-1-3-6-17/h1-3,5-6,18,23H,4,7-16,22H2. The predicted molar refractivity (Wildman–Crippen MR) is 98.1 cm³/mol. The average Bonchev–Trinajstić information content (AvgIpc) is 3.31. The van der Waals surface area contributed by atoms with Crippen molar-refractivity contribution in [3.63, 3.8) is 0 Å². The summed E-state index contributed by atoms with van der Waals surface area (Å²) < 4.78 is 0. The molecule has 3 N–H and O–H groups in total. The van der Waals surface area contributed by atoms with Crippen LogP contribution >= 0.6 is 0 Å². The van der Waals surface area contributed by atoms with Crippen molar-refractivity contribution in [1.29, 1.82) is 0 Å². The van der Waals surface area contributed by atoms with Crippen molar-refractivity contribution in [3.8, 4) is 0 Å². The van der Waals surface area contributed by atoms with Gasteiger partial charge >= 0.3 is 0 Å². The lowest BCUT2D eigenvalue weighted by molar-refractivity contribution is 0.0923. The second-order valence-electron chi connectivity index (χ2n) is 8.83. The molecular formula is C21H31N3. The highest BCUT2D eigenvalue weighted by Gasteiger charge is 2.76. The fourth-order valence-corrected chi connectivity index (χ4v) is 6.50. The molecule has 1 aromatic rings. The minimum atomic E-state index is 0.157. The van der Waals surface area contributed by atoms with Crippen molar-refractivity contribution in [3.05, 3.63) is 35.9 Å². The van der Waals surface area contributed by atoms with Gasteiger partial charge in [-0.2, -0.15) is 0 Å². The average molecular weight is 326 g/mol. The second kappa shape index (κ2) is 5.30. The van der Waals surface area contributed by atoms with Crippen LogP contribution in [0.1, 0.15) is 56.9 Å². The molecule has 2 saturated heterocycles. The van der Waals surface area contributed by atoms with Crippen LogP contribution in [0.2, 0.25) is 0 Å². The highest BCUT2D eigenvalue weighted by Crippen LogP contribution is 2.65. The Labute approximate surface area is 146 Å². The van der Waals surface area contributed by atoms with Crippen molar-refractivity contribution in [1.82, 2.24) is 10.2 Å². The number of nitrogens with one attached hydrogen (secondary N) is 1. The maximum absolute atomic E-state index is 6.78. The molecule has 2 saturated carbocycles. The van der Waals surface area contributed by atoms with E-state index in [1.54, 1.807) is 5.56 Å². The number of piperidine rings is 1. The number of likely N-dealkylation sites (tertiary alicyclic amines) is 1. The Morgan fingerprint density at radius 3 is 2.50 bits per heavy atom. The first-order valence-corrected chi connectivity index (χ1v) is 10.0. The van der Waals surface area contributed by atoms with Gasteiger partial charge in [-0.25, -0.2) is 0 Å². The molecule has 0 amide bonds. The van der Waals surface area contributed by atoms with Crippen molar-refractivity contribution >= 4 is 0 Å². The Morgan fingerprint density at radius 2 is 1.83 bits per heavy atom. The fraction of sp³-hybridized carbons (Fsp3) is 0.714. The maximum Gasteiger partial charge on any atom is 0.0548 e. The van der Waals surface area contributed by atoms with Crippen molar-refractivity contribution < 1.29 is 0 Å². The Hall–Kier alpha value is -0.900. The molecule has 4 atom stereocenters. The van der Waals surface area contributed by atoms with Crippen LogP contribution in [-0.2, 0) is 5.41 Å². The molecule has 2 heterocycles. The number of rotatable bonds is 4. The molecule has 2 aliphatic carbocycles. The largest absolute Gasteiger partial charge is 0.323 e. The summed E-state index contributed by atoms with van der Waals surface area (Å²) in [6.45, 7) is 3.56. The molecule has 0 aromatic heterocycles. The lowest BCUT2D eigenvalue weighted by atomic mass is 9.59. The van der Waals surface area contributed by atoms with E-state index >= 15 is 0 Å². The van der Waals surface area contributed by atoms with Gasteiger partial charge in [0.05, 0.1) is 5.54 Å². The van der Waals surface area contributed by atoms with Crippen LogP contribution in [-0.4, -0.2) is 41.7 Å². The molecule has 2 aliphatic heterocycles. The molecule has 24 heavy (non-hydrogen) atoms. The van der Waals surface area contributed by atoms with E-state index < -0.39 is 0 Å². The molecule has 4 unspecified atom stereocenters. The number of nitrogens with zero attached hydrogens (tertiary/aromatic N) is 1. The monoisotopic (exact) mass is 325 g/mol. The Balaban J connectivity index is 1.35. The zero-order valence-corrected chi connectivity index (χ0v) is 14.8. The maximum atomic E-state index is 6.78. The number of hydrogen-bond acceptors (Lipinski definition) is 3. The second-order valence-corrected chi connectivity index (χ2v) is 8.83. The van der Waals surface area contributed by atoms with Crippen LogP contribution in [0.15, 0.2) is 30.3 Å². The highest BCUT2D eigenvalue weighted by atomic mass is 15.4. The predicted octanol–water partition coefficient (Wildman–Crippen LogP) is 2.80. The third kappa shape index (κ3) is 1.95. The van der Waals surface area contributed by atoms with Gasteiger partial charge in [-0.1, -0.05) is 30.3 Å². The van der Waals surface area contributed by atoms with E-state index in [0.29, 0.717) is 11.0 Å². The van der Waals surface area contributed by atoms with Gasteiger partial charge < -0.3 is 11.1 Å². The minimum absolute atomic E-state index is 0.157. The molecule has 3 heteroatoms. The summed E-state index contributed by atoms with van der Waals surface area (Å²) in [6.07, 6.45) is 10.4. The lowest BCUT2D eigenvalue weighted by Crippen LogP contribution is -2.65. The van der Waals surface area contributed by atoms with Crippen molar-refractivity contribution in [2.24, 2.45) is 5.73 Å². The fourth-order valence-electron chi connectivity index (χ4n) is 6.50. The number of benzene rings is 1. The first-order valence-electron chi connectivity index (χ1n) is 10.0. The molecule has 1 spiro atoms. The zero-order valence-electron chi connectivity index (χ0n) is 14.8. The van der Waals surface area contributed by atoms with Crippen LogP contribution in [0.4, 0.5) is 0 Å². The van der Waals surface area contributed by atoms with Gasteiger partial charge in [0.15, 0.2) is 0 Å². The SMILES string of the molecule is NC12CCCC3N(CCC4(c5ccccc5)CCNCC4)C31CC2. The third-order valence-electron chi connectivity index (χ3n) is 8.07. The summed E-state index contributed by atoms with van der Waals surface area (Å²) >= 11 is 0. The zero-order chi connectivity index (χ0) is 16.3. The Bertz CT molecular complexity index is 609. The lowest BCUT2D eigenvalue weighted by Gasteiger charge is -2.51. The Kier molecular flexibility index (Phi) is 3.39. The molecular weight excluding hydrogens is 294 g/mol. The van der Waals surface area contributed by atoms with E-state index in [-0.39, 0.29) is 5.54 Å². The van der Waals surface area contributed by atoms with Crippen LogP contribution in [0, 0.1) is 0 Å². The molecule has 4 fully saturated rings. The molecule has 130 valence electrons. The van der Waals surface area contributed by atoms with Crippen LogP contribution in [0.5, 0.6) is 0 Å². The van der Waals surface area contributed by atoms with E-state index in [1.165, 1.54) is 57.9 Å². The molecule has 1 aromatic carbocycles. The van der Waals surface area contributed by atoms with Gasteiger partial charge in [-0.05, 0) is 75.4 Å². The smallest absolute Gasteiger partial charge is 0.0548 e. The van der Waals surface area contributed by atoms with Gasteiger partial charge in [-0.3, -0.25) is 4.90 Å². The normalized spacial score (nSPS) is 42.5. The van der Waals surface area contributed by atoms with Gasteiger partial charge in [-0.15, -0.1) is 0 Å². The van der Waals surface area contributed by atoms with E-state index in [9.17, 15) is 0 Å². The first kappa shape index (κ1) is 15.4. The summed E-state index contributed by atoms with van der Waals surface area (Å²) in [6, 6.07) is 12.1. The number of hydrogen-bond donors (Lipinski definition) is 2. The summed E-state index contributed by atoms with van der Waals surface area (Å²) in [4.78, 5) is 2.82. The summed E-state index contributed by atoms with van der Waals surface area (Å²) in [5.41, 5.74) is 9.27. The molecule has 0 bridgehead atoms. The topological polar surface area (TPSA) is 41.1 Å². The summed E-state index contributed by atoms with van der Waals surface area (Å²) in [7, 11) is 0. The van der Waals surface area contributed by atoms with E-state index in [1.807, 2.05) is 0 Å². The summed E-state index contributed by atoms with van der Waals surface area (Å²) in [5, 5.41) is 3.56. The molecule has 4 aliphatic rings. The van der Waals surface area contributed by atoms with Gasteiger partial charge in [0.1, 0.15) is 0 Å². The van der Waals surface area contributed by atoms with Crippen molar-refractivity contribution in [2.75, 3.05) is 19.6 Å².